The van der Waals surface area contributed by atoms with Gasteiger partial charge in [0.25, 0.3) is 0 Å². The second kappa shape index (κ2) is 10.5. The molecule has 0 aromatic heterocycles. The SMILES string of the molecule is CCCCCCC1(c2ccccc2)C(=O)CCCCCCCCC1=O. The van der Waals surface area contributed by atoms with Gasteiger partial charge in [-0.25, -0.2) is 0 Å². The molecule has 138 valence electrons. The van der Waals surface area contributed by atoms with Gasteiger partial charge in [-0.1, -0.05) is 88.6 Å². The van der Waals surface area contributed by atoms with Crippen LogP contribution in [-0.4, -0.2) is 11.6 Å². The lowest BCUT2D eigenvalue weighted by atomic mass is 9.67. The van der Waals surface area contributed by atoms with E-state index < -0.39 is 5.41 Å². The first-order chi connectivity index (χ1) is 12.2. The number of hydrogen-bond donors (Lipinski definition) is 0. The first-order valence-corrected chi connectivity index (χ1v) is 10.3. The van der Waals surface area contributed by atoms with Crippen molar-refractivity contribution < 1.29 is 9.59 Å². The summed E-state index contributed by atoms with van der Waals surface area (Å²) in [6, 6.07) is 9.89. The van der Waals surface area contributed by atoms with Crippen molar-refractivity contribution in [2.75, 3.05) is 0 Å². The Hall–Kier alpha value is -1.44. The van der Waals surface area contributed by atoms with Crippen LogP contribution >= 0.6 is 0 Å². The number of carbonyl (C=O) groups is 2. The van der Waals surface area contributed by atoms with Crippen molar-refractivity contribution in [3.8, 4) is 0 Å². The van der Waals surface area contributed by atoms with Crippen LogP contribution in [0.5, 0.6) is 0 Å². The van der Waals surface area contributed by atoms with Crippen molar-refractivity contribution in [3.05, 3.63) is 35.9 Å². The zero-order valence-corrected chi connectivity index (χ0v) is 15.9. The predicted molar refractivity (Wildman–Crippen MR) is 104 cm³/mol. The number of ketones is 2. The minimum atomic E-state index is -0.890. The number of Topliss-reactive ketones (excluding diaryl/α,β-unsaturated/α-hetero) is 2. The summed E-state index contributed by atoms with van der Waals surface area (Å²) < 4.78 is 0. The van der Waals surface area contributed by atoms with E-state index >= 15 is 0 Å². The molecule has 25 heavy (non-hydrogen) atoms. The van der Waals surface area contributed by atoms with Crippen molar-refractivity contribution in [1.29, 1.82) is 0 Å². The fraction of sp³-hybridized carbons (Fsp3) is 0.652. The molecule has 1 aromatic rings. The summed E-state index contributed by atoms with van der Waals surface area (Å²) in [7, 11) is 0. The second-order valence-corrected chi connectivity index (χ2v) is 7.55. The fourth-order valence-electron chi connectivity index (χ4n) is 4.15. The summed E-state index contributed by atoms with van der Waals surface area (Å²) >= 11 is 0. The van der Waals surface area contributed by atoms with Crippen LogP contribution in [0, 0.1) is 0 Å². The Balaban J connectivity index is 2.34. The molecule has 0 saturated heterocycles. The fourth-order valence-corrected chi connectivity index (χ4v) is 4.15. The maximum atomic E-state index is 13.3. The predicted octanol–water partition coefficient (Wildman–Crippen LogP) is 6.17. The molecular weight excluding hydrogens is 308 g/mol. The highest BCUT2D eigenvalue weighted by atomic mass is 16.2. The Bertz CT molecular complexity index is 510. The van der Waals surface area contributed by atoms with Gasteiger partial charge in [-0.2, -0.15) is 0 Å². The molecule has 2 heteroatoms. The highest BCUT2D eigenvalue weighted by molar-refractivity contribution is 6.12. The monoisotopic (exact) mass is 342 g/mol. The molecule has 2 rings (SSSR count). The Morgan fingerprint density at radius 1 is 0.760 bits per heavy atom. The average Bonchev–Trinajstić information content (AvgIpc) is 2.66. The lowest BCUT2D eigenvalue weighted by Crippen LogP contribution is -2.44. The van der Waals surface area contributed by atoms with Crippen LogP contribution in [0.3, 0.4) is 0 Å². The molecule has 1 fully saturated rings. The molecule has 1 saturated carbocycles. The van der Waals surface area contributed by atoms with Gasteiger partial charge in [-0.3, -0.25) is 9.59 Å². The van der Waals surface area contributed by atoms with Crippen molar-refractivity contribution in [2.24, 2.45) is 0 Å². The van der Waals surface area contributed by atoms with Gasteiger partial charge in [-0.15, -0.1) is 0 Å². The molecule has 0 spiro atoms. The summed E-state index contributed by atoms with van der Waals surface area (Å²) in [6.07, 6.45) is 12.6. The second-order valence-electron chi connectivity index (χ2n) is 7.55. The Kier molecular flexibility index (Phi) is 8.37. The lowest BCUT2D eigenvalue weighted by molar-refractivity contribution is -0.136. The molecule has 2 nitrogen and oxygen atoms in total. The number of rotatable bonds is 6. The number of hydrogen-bond acceptors (Lipinski definition) is 2. The van der Waals surface area contributed by atoms with E-state index in [0.717, 1.165) is 44.1 Å². The molecule has 1 aliphatic rings. The van der Waals surface area contributed by atoms with Crippen LogP contribution in [0.25, 0.3) is 0 Å². The van der Waals surface area contributed by atoms with Gasteiger partial charge in [-0.05, 0) is 24.8 Å². The summed E-state index contributed by atoms with van der Waals surface area (Å²) in [5, 5.41) is 0. The molecule has 0 bridgehead atoms. The standard InChI is InChI=1S/C23H34O2/c1-2-3-4-14-19-23(20-15-10-9-11-16-20)21(24)17-12-7-5-6-8-13-18-22(23)25/h9-11,15-16H,2-8,12-14,17-19H2,1H3. The van der Waals surface area contributed by atoms with Gasteiger partial charge in [0.1, 0.15) is 5.41 Å². The van der Waals surface area contributed by atoms with Crippen molar-refractivity contribution in [1.82, 2.24) is 0 Å². The third-order valence-corrected chi connectivity index (χ3v) is 5.68. The maximum absolute atomic E-state index is 13.3. The van der Waals surface area contributed by atoms with Gasteiger partial charge in [0.2, 0.25) is 0 Å². The van der Waals surface area contributed by atoms with E-state index in [1.807, 2.05) is 30.3 Å². The van der Waals surface area contributed by atoms with Crippen LogP contribution in [0.15, 0.2) is 30.3 Å². The molecular formula is C23H34O2. The number of benzene rings is 1. The first-order valence-electron chi connectivity index (χ1n) is 10.3. The minimum Gasteiger partial charge on any atom is -0.298 e. The minimum absolute atomic E-state index is 0.169. The van der Waals surface area contributed by atoms with Gasteiger partial charge < -0.3 is 0 Å². The zero-order chi connectivity index (χ0) is 18.0. The van der Waals surface area contributed by atoms with Gasteiger partial charge in [0, 0.05) is 12.8 Å². The maximum Gasteiger partial charge on any atom is 0.150 e. The molecule has 0 heterocycles. The Morgan fingerprint density at radius 3 is 1.88 bits per heavy atom. The molecule has 0 amide bonds. The molecule has 0 radical (unpaired) electrons. The molecule has 1 aliphatic carbocycles. The normalized spacial score (nSPS) is 19.4. The van der Waals surface area contributed by atoms with E-state index in [-0.39, 0.29) is 11.6 Å². The molecule has 0 atom stereocenters. The molecule has 0 aliphatic heterocycles. The van der Waals surface area contributed by atoms with Crippen molar-refractivity contribution >= 4 is 11.6 Å². The number of carbonyl (C=O) groups excluding carboxylic acids is 2. The van der Waals surface area contributed by atoms with Crippen LogP contribution in [0.1, 0.15) is 96.0 Å². The van der Waals surface area contributed by atoms with E-state index in [4.69, 9.17) is 0 Å². The van der Waals surface area contributed by atoms with Crippen LogP contribution < -0.4 is 0 Å². The molecule has 0 unspecified atom stereocenters. The topological polar surface area (TPSA) is 34.1 Å². The lowest BCUT2D eigenvalue weighted by Gasteiger charge is -2.32. The van der Waals surface area contributed by atoms with E-state index in [1.54, 1.807) is 0 Å². The Morgan fingerprint density at radius 2 is 1.32 bits per heavy atom. The largest absolute Gasteiger partial charge is 0.298 e. The average molecular weight is 343 g/mol. The third-order valence-electron chi connectivity index (χ3n) is 5.68. The van der Waals surface area contributed by atoms with Gasteiger partial charge in [0.15, 0.2) is 11.6 Å². The number of unbranched alkanes of at least 4 members (excludes halogenated alkanes) is 3. The van der Waals surface area contributed by atoms with Crippen LogP contribution in [-0.2, 0) is 15.0 Å². The molecule has 0 N–H and O–H groups in total. The quantitative estimate of drug-likeness (QED) is 0.458. The van der Waals surface area contributed by atoms with Crippen LogP contribution in [0.2, 0.25) is 0 Å². The third kappa shape index (κ3) is 5.26. The van der Waals surface area contributed by atoms with Crippen molar-refractivity contribution in [2.45, 2.75) is 95.8 Å². The smallest absolute Gasteiger partial charge is 0.150 e. The van der Waals surface area contributed by atoms with Gasteiger partial charge >= 0.3 is 0 Å². The van der Waals surface area contributed by atoms with Crippen molar-refractivity contribution in [3.63, 3.8) is 0 Å². The summed E-state index contributed by atoms with van der Waals surface area (Å²) in [5.74, 6) is 0.337. The zero-order valence-electron chi connectivity index (χ0n) is 15.9. The van der Waals surface area contributed by atoms with E-state index in [2.05, 4.69) is 6.92 Å². The van der Waals surface area contributed by atoms with Crippen LogP contribution in [0.4, 0.5) is 0 Å². The summed E-state index contributed by atoms with van der Waals surface area (Å²) in [6.45, 7) is 2.19. The Labute approximate surface area is 153 Å². The molecule has 1 aromatic carbocycles. The highest BCUT2D eigenvalue weighted by Gasteiger charge is 2.44. The van der Waals surface area contributed by atoms with Gasteiger partial charge in [0.05, 0.1) is 0 Å². The highest BCUT2D eigenvalue weighted by Crippen LogP contribution is 2.36. The summed E-state index contributed by atoms with van der Waals surface area (Å²) in [5.41, 5.74) is 0.0417. The van der Waals surface area contributed by atoms with E-state index in [0.29, 0.717) is 19.3 Å². The van der Waals surface area contributed by atoms with E-state index in [9.17, 15) is 9.59 Å². The first kappa shape index (κ1) is 19.9. The van der Waals surface area contributed by atoms with E-state index in [1.165, 1.54) is 25.7 Å². The summed E-state index contributed by atoms with van der Waals surface area (Å²) in [4.78, 5) is 26.6.